The number of nitrogens with one attached hydrogen (secondary N) is 2. The van der Waals surface area contributed by atoms with Crippen molar-refractivity contribution >= 4 is 17.3 Å². The molecule has 1 amide bonds. The number of alkyl halides is 3. The normalized spacial score (nSPS) is 11.4. The summed E-state index contributed by atoms with van der Waals surface area (Å²) in [5, 5.41) is 5.40. The van der Waals surface area contributed by atoms with Gasteiger partial charge in [0.2, 0.25) is 0 Å². The Balaban J connectivity index is 2.05. The number of pyridine rings is 1. The third-order valence-corrected chi connectivity index (χ3v) is 3.35. The molecule has 134 valence electrons. The fourth-order valence-electron chi connectivity index (χ4n) is 2.08. The van der Waals surface area contributed by atoms with Gasteiger partial charge in [-0.3, -0.25) is 4.79 Å². The number of hydrogen-bond donors (Lipinski definition) is 2. The van der Waals surface area contributed by atoms with Crippen molar-refractivity contribution in [3.05, 3.63) is 53.9 Å². The van der Waals surface area contributed by atoms with E-state index in [0.29, 0.717) is 18.8 Å². The van der Waals surface area contributed by atoms with Gasteiger partial charge in [-0.2, -0.15) is 13.2 Å². The van der Waals surface area contributed by atoms with Crippen LogP contribution in [0.3, 0.4) is 0 Å². The van der Waals surface area contributed by atoms with Crippen LogP contribution in [0, 0.1) is 0 Å². The fraction of sp³-hybridized carbons (Fsp3) is 0.294. The van der Waals surface area contributed by atoms with Gasteiger partial charge in [-0.15, -0.1) is 0 Å². The van der Waals surface area contributed by atoms with Crippen molar-refractivity contribution in [2.75, 3.05) is 32.5 Å². The third kappa shape index (κ3) is 5.46. The Morgan fingerprint density at radius 2 is 1.88 bits per heavy atom. The van der Waals surface area contributed by atoms with Crippen LogP contribution in [-0.4, -0.2) is 43.0 Å². The molecule has 1 heterocycles. The summed E-state index contributed by atoms with van der Waals surface area (Å²) in [6.07, 6.45) is -3.13. The first-order valence-electron chi connectivity index (χ1n) is 7.59. The largest absolute Gasteiger partial charge is 0.418 e. The molecule has 0 aliphatic rings. The summed E-state index contributed by atoms with van der Waals surface area (Å²) in [5.41, 5.74) is -0.268. The molecular weight excluding hydrogens is 333 g/mol. The smallest absolute Gasteiger partial charge is 0.354 e. The van der Waals surface area contributed by atoms with Gasteiger partial charge in [-0.1, -0.05) is 12.1 Å². The highest BCUT2D eigenvalue weighted by Crippen LogP contribution is 2.35. The van der Waals surface area contributed by atoms with Crippen LogP contribution in [0.25, 0.3) is 0 Å². The summed E-state index contributed by atoms with van der Waals surface area (Å²) < 4.78 is 39.0. The SMILES string of the molecule is CN(C)CCNC(=O)c1ccc(Nc2ccccc2C(F)(F)F)cn1. The number of amides is 1. The minimum Gasteiger partial charge on any atom is -0.354 e. The van der Waals surface area contributed by atoms with Crippen LogP contribution in [0.5, 0.6) is 0 Å². The maximum atomic E-state index is 13.0. The number of rotatable bonds is 6. The lowest BCUT2D eigenvalue weighted by atomic mass is 10.1. The Morgan fingerprint density at radius 3 is 2.48 bits per heavy atom. The van der Waals surface area contributed by atoms with E-state index in [4.69, 9.17) is 0 Å². The van der Waals surface area contributed by atoms with E-state index in [9.17, 15) is 18.0 Å². The van der Waals surface area contributed by atoms with Crippen LogP contribution < -0.4 is 10.6 Å². The average molecular weight is 352 g/mol. The number of hydrogen-bond acceptors (Lipinski definition) is 4. The first kappa shape index (κ1) is 18.7. The average Bonchev–Trinajstić information content (AvgIpc) is 2.54. The maximum absolute atomic E-state index is 13.0. The molecule has 0 radical (unpaired) electrons. The van der Waals surface area contributed by atoms with Gasteiger partial charge < -0.3 is 15.5 Å². The predicted octanol–water partition coefficient (Wildman–Crippen LogP) is 3.14. The molecule has 0 aliphatic carbocycles. The third-order valence-electron chi connectivity index (χ3n) is 3.35. The van der Waals surface area contributed by atoms with Crippen molar-refractivity contribution in [2.45, 2.75) is 6.18 Å². The Bertz CT molecular complexity index is 715. The van der Waals surface area contributed by atoms with Crippen LogP contribution in [0.2, 0.25) is 0 Å². The highest BCUT2D eigenvalue weighted by atomic mass is 19.4. The molecule has 0 saturated carbocycles. The number of halogens is 3. The summed E-state index contributed by atoms with van der Waals surface area (Å²) in [5.74, 6) is -0.330. The number of nitrogens with zero attached hydrogens (tertiary/aromatic N) is 2. The van der Waals surface area contributed by atoms with Crippen LogP contribution in [0.1, 0.15) is 16.1 Å². The van der Waals surface area contributed by atoms with Crippen LogP contribution in [0.15, 0.2) is 42.6 Å². The fourth-order valence-corrected chi connectivity index (χ4v) is 2.08. The monoisotopic (exact) mass is 352 g/mol. The number of likely N-dealkylation sites (N-methyl/N-ethyl adjacent to an activating group) is 1. The highest BCUT2D eigenvalue weighted by molar-refractivity contribution is 5.92. The molecule has 1 aromatic heterocycles. The molecule has 0 fully saturated rings. The molecule has 2 N–H and O–H groups in total. The Hall–Kier alpha value is -2.61. The van der Waals surface area contributed by atoms with Crippen molar-refractivity contribution in [3.63, 3.8) is 0 Å². The van der Waals surface area contributed by atoms with Gasteiger partial charge in [0.25, 0.3) is 5.91 Å². The molecular formula is C17H19F3N4O. The Labute approximate surface area is 143 Å². The first-order chi connectivity index (χ1) is 11.8. The molecule has 5 nitrogen and oxygen atoms in total. The topological polar surface area (TPSA) is 57.3 Å². The lowest BCUT2D eigenvalue weighted by molar-refractivity contribution is -0.136. The lowest BCUT2D eigenvalue weighted by Crippen LogP contribution is -2.31. The zero-order chi connectivity index (χ0) is 18.4. The van der Waals surface area contributed by atoms with E-state index < -0.39 is 11.7 Å². The van der Waals surface area contributed by atoms with E-state index >= 15 is 0 Å². The maximum Gasteiger partial charge on any atom is 0.418 e. The van der Waals surface area contributed by atoms with Crippen molar-refractivity contribution < 1.29 is 18.0 Å². The standard InChI is InChI=1S/C17H19F3N4O/c1-24(2)10-9-21-16(25)15-8-7-12(11-22-15)23-14-6-4-3-5-13(14)17(18,19)20/h3-8,11,23H,9-10H2,1-2H3,(H,21,25). The van der Waals surface area contributed by atoms with Gasteiger partial charge in [0.1, 0.15) is 5.69 Å². The quantitative estimate of drug-likeness (QED) is 0.839. The van der Waals surface area contributed by atoms with Crippen LogP contribution in [-0.2, 0) is 6.18 Å². The molecule has 0 atom stereocenters. The molecule has 0 saturated heterocycles. The molecule has 0 bridgehead atoms. The molecule has 8 heteroatoms. The molecule has 25 heavy (non-hydrogen) atoms. The van der Waals surface area contributed by atoms with Gasteiger partial charge in [0, 0.05) is 13.1 Å². The van der Waals surface area contributed by atoms with Gasteiger partial charge in [-0.25, -0.2) is 4.98 Å². The van der Waals surface area contributed by atoms with Gasteiger partial charge in [0.15, 0.2) is 0 Å². The lowest BCUT2D eigenvalue weighted by Gasteiger charge is -2.14. The number of aromatic nitrogens is 1. The van der Waals surface area contributed by atoms with Gasteiger partial charge in [0.05, 0.1) is 23.1 Å². The summed E-state index contributed by atoms with van der Waals surface area (Å²) in [6.45, 7) is 1.17. The number of para-hydroxylation sites is 1. The molecule has 0 aliphatic heterocycles. The van der Waals surface area contributed by atoms with E-state index in [1.807, 2.05) is 19.0 Å². The van der Waals surface area contributed by atoms with E-state index in [0.717, 1.165) is 6.07 Å². The predicted molar refractivity (Wildman–Crippen MR) is 89.9 cm³/mol. The molecule has 1 aromatic carbocycles. The Kier molecular flexibility index (Phi) is 5.97. The molecule has 0 spiro atoms. The second kappa shape index (κ2) is 7.98. The van der Waals surface area contributed by atoms with Crippen LogP contribution >= 0.6 is 0 Å². The number of carbonyl (C=O) groups is 1. The van der Waals surface area contributed by atoms with E-state index in [1.165, 1.54) is 36.5 Å². The minimum absolute atomic E-state index is 0.0695. The molecule has 2 aromatic rings. The zero-order valence-corrected chi connectivity index (χ0v) is 13.9. The summed E-state index contributed by atoms with van der Waals surface area (Å²) >= 11 is 0. The van der Waals surface area contributed by atoms with Crippen molar-refractivity contribution in [3.8, 4) is 0 Å². The minimum atomic E-state index is -4.46. The second-order valence-electron chi connectivity index (χ2n) is 5.66. The summed E-state index contributed by atoms with van der Waals surface area (Å²) in [4.78, 5) is 17.8. The van der Waals surface area contributed by atoms with E-state index in [1.54, 1.807) is 0 Å². The highest BCUT2D eigenvalue weighted by Gasteiger charge is 2.33. The van der Waals surface area contributed by atoms with Crippen molar-refractivity contribution in [1.82, 2.24) is 15.2 Å². The van der Waals surface area contributed by atoms with E-state index in [2.05, 4.69) is 15.6 Å². The summed E-state index contributed by atoms with van der Waals surface area (Å²) in [7, 11) is 3.79. The second-order valence-corrected chi connectivity index (χ2v) is 5.66. The van der Waals surface area contributed by atoms with Crippen LogP contribution in [0.4, 0.5) is 24.5 Å². The van der Waals surface area contributed by atoms with Gasteiger partial charge in [-0.05, 0) is 38.4 Å². The summed E-state index contributed by atoms with van der Waals surface area (Å²) in [6, 6.07) is 8.16. The van der Waals surface area contributed by atoms with Gasteiger partial charge >= 0.3 is 6.18 Å². The number of anilines is 2. The molecule has 0 unspecified atom stereocenters. The molecule has 2 rings (SSSR count). The Morgan fingerprint density at radius 1 is 1.16 bits per heavy atom. The number of carbonyl (C=O) groups excluding carboxylic acids is 1. The first-order valence-corrected chi connectivity index (χ1v) is 7.59. The van der Waals surface area contributed by atoms with E-state index in [-0.39, 0.29) is 17.3 Å². The van der Waals surface area contributed by atoms with Crippen molar-refractivity contribution in [1.29, 1.82) is 0 Å². The van der Waals surface area contributed by atoms with Crippen molar-refractivity contribution in [2.24, 2.45) is 0 Å². The number of benzene rings is 1. The zero-order valence-electron chi connectivity index (χ0n) is 13.9.